The molecule has 32 heavy (non-hydrogen) atoms. The van der Waals surface area contributed by atoms with Gasteiger partial charge in [0.15, 0.2) is 11.9 Å². The third kappa shape index (κ3) is 3.91. The number of aromatic nitrogens is 3. The summed E-state index contributed by atoms with van der Waals surface area (Å²) in [5.41, 5.74) is 4.38. The summed E-state index contributed by atoms with van der Waals surface area (Å²) in [6.07, 6.45) is 3.54. The monoisotopic (exact) mass is 434 g/mol. The third-order valence-electron chi connectivity index (χ3n) is 6.41. The minimum Gasteiger partial charge on any atom is -0.350 e. The van der Waals surface area contributed by atoms with E-state index >= 15 is 0 Å². The summed E-state index contributed by atoms with van der Waals surface area (Å²) in [6.45, 7) is 8.86. The molecule has 1 unspecified atom stereocenters. The highest BCUT2D eigenvalue weighted by molar-refractivity contribution is 6.06. The quantitative estimate of drug-likeness (QED) is 0.615. The van der Waals surface area contributed by atoms with E-state index in [2.05, 4.69) is 50.1 Å². The highest BCUT2D eigenvalue weighted by atomic mass is 16.7. The van der Waals surface area contributed by atoms with Gasteiger partial charge < -0.3 is 14.4 Å². The van der Waals surface area contributed by atoms with Crippen molar-refractivity contribution in [3.63, 3.8) is 0 Å². The Labute approximate surface area is 188 Å². The summed E-state index contributed by atoms with van der Waals surface area (Å²) >= 11 is 0. The van der Waals surface area contributed by atoms with Crippen molar-refractivity contribution >= 4 is 16.9 Å². The maximum absolute atomic E-state index is 13.8. The summed E-state index contributed by atoms with van der Waals surface area (Å²) in [5.74, 6) is 0.235. The van der Waals surface area contributed by atoms with Crippen LogP contribution in [0.4, 0.5) is 0 Å². The predicted octanol–water partition coefficient (Wildman–Crippen LogP) is 4.21. The molecule has 1 amide bonds. The van der Waals surface area contributed by atoms with Gasteiger partial charge in [-0.3, -0.25) is 4.79 Å². The van der Waals surface area contributed by atoms with E-state index in [9.17, 15) is 4.79 Å². The molecule has 7 heteroatoms. The number of piperidine rings is 1. The predicted molar refractivity (Wildman–Crippen MR) is 122 cm³/mol. The van der Waals surface area contributed by atoms with Crippen LogP contribution in [0, 0.1) is 12.8 Å². The number of pyridine rings is 1. The number of ether oxygens (including phenoxy) is 2. The van der Waals surface area contributed by atoms with Crippen LogP contribution in [0.1, 0.15) is 48.7 Å². The van der Waals surface area contributed by atoms with Crippen molar-refractivity contribution in [2.24, 2.45) is 5.92 Å². The van der Waals surface area contributed by atoms with Gasteiger partial charge in [0, 0.05) is 30.6 Å². The van der Waals surface area contributed by atoms with Crippen molar-refractivity contribution in [3.8, 4) is 11.3 Å². The first-order valence-electron chi connectivity index (χ1n) is 11.5. The first-order chi connectivity index (χ1) is 15.5. The number of rotatable bonds is 4. The molecule has 0 N–H and O–H groups in total. The Hall–Kier alpha value is -2.77. The van der Waals surface area contributed by atoms with Crippen LogP contribution in [-0.2, 0) is 9.47 Å². The minimum absolute atomic E-state index is 0.0248. The van der Waals surface area contributed by atoms with E-state index in [1.54, 1.807) is 6.20 Å². The molecule has 1 atom stereocenters. The van der Waals surface area contributed by atoms with Gasteiger partial charge in [0.25, 0.3) is 5.91 Å². The zero-order valence-corrected chi connectivity index (χ0v) is 19.0. The van der Waals surface area contributed by atoms with Gasteiger partial charge in [-0.15, -0.1) is 0 Å². The lowest BCUT2D eigenvalue weighted by atomic mass is 9.96. The second-order valence-electron chi connectivity index (χ2n) is 9.10. The average molecular weight is 435 g/mol. The van der Waals surface area contributed by atoms with E-state index in [0.717, 1.165) is 41.7 Å². The van der Waals surface area contributed by atoms with E-state index in [-0.39, 0.29) is 24.2 Å². The van der Waals surface area contributed by atoms with Gasteiger partial charge in [0.1, 0.15) is 0 Å². The number of hydrogen-bond donors (Lipinski definition) is 0. The average Bonchev–Trinajstić information content (AvgIpc) is 3.49. The second-order valence-corrected chi connectivity index (χ2v) is 9.10. The Kier molecular flexibility index (Phi) is 5.69. The van der Waals surface area contributed by atoms with Gasteiger partial charge in [-0.2, -0.15) is 5.10 Å². The number of carbonyl (C=O) groups is 1. The molecule has 1 aromatic carbocycles. The molecule has 2 saturated heterocycles. The normalized spacial score (nSPS) is 19.9. The summed E-state index contributed by atoms with van der Waals surface area (Å²) in [4.78, 5) is 20.6. The third-order valence-corrected chi connectivity index (χ3v) is 6.41. The van der Waals surface area contributed by atoms with Crippen molar-refractivity contribution in [1.29, 1.82) is 0 Å². The number of benzene rings is 1. The molecule has 3 aromatic rings. The van der Waals surface area contributed by atoms with E-state index in [1.165, 1.54) is 5.56 Å². The van der Waals surface area contributed by atoms with Gasteiger partial charge >= 0.3 is 0 Å². The van der Waals surface area contributed by atoms with Crippen molar-refractivity contribution in [2.45, 2.75) is 45.9 Å². The number of amides is 1. The van der Waals surface area contributed by atoms with Crippen LogP contribution in [0.25, 0.3) is 22.3 Å². The maximum Gasteiger partial charge on any atom is 0.254 e. The molecule has 0 spiro atoms. The van der Waals surface area contributed by atoms with Crippen LogP contribution in [0.3, 0.4) is 0 Å². The van der Waals surface area contributed by atoms with E-state index in [1.807, 2.05) is 15.6 Å². The molecule has 2 aliphatic heterocycles. The molecule has 2 fully saturated rings. The molecule has 7 nitrogen and oxygen atoms in total. The van der Waals surface area contributed by atoms with Crippen LogP contribution >= 0.6 is 0 Å². The van der Waals surface area contributed by atoms with Crippen LogP contribution in [0.5, 0.6) is 0 Å². The SMILES string of the molecule is Cc1ccc(-c2cc(C(=O)N3CCCC(C4OCCO4)C3)c3cnn(C(C)C)c3n2)cc1. The highest BCUT2D eigenvalue weighted by Crippen LogP contribution is 2.30. The Morgan fingerprint density at radius 1 is 1.16 bits per heavy atom. The topological polar surface area (TPSA) is 69.5 Å². The number of hydrogen-bond acceptors (Lipinski definition) is 5. The lowest BCUT2D eigenvalue weighted by molar-refractivity contribution is -0.0969. The molecule has 2 aliphatic rings. The van der Waals surface area contributed by atoms with Crippen LogP contribution in [0.15, 0.2) is 36.5 Å². The summed E-state index contributed by atoms with van der Waals surface area (Å²) in [7, 11) is 0. The van der Waals surface area contributed by atoms with Gasteiger partial charge in [-0.1, -0.05) is 29.8 Å². The van der Waals surface area contributed by atoms with Crippen LogP contribution < -0.4 is 0 Å². The fourth-order valence-corrected chi connectivity index (χ4v) is 4.68. The maximum atomic E-state index is 13.8. The van der Waals surface area contributed by atoms with E-state index in [4.69, 9.17) is 14.5 Å². The van der Waals surface area contributed by atoms with Crippen LogP contribution in [-0.4, -0.2) is 58.2 Å². The lowest BCUT2D eigenvalue weighted by Gasteiger charge is -2.34. The number of fused-ring (bicyclic) bond motifs is 1. The lowest BCUT2D eigenvalue weighted by Crippen LogP contribution is -2.43. The first kappa shape index (κ1) is 21.1. The van der Waals surface area contributed by atoms with Crippen molar-refractivity contribution < 1.29 is 14.3 Å². The smallest absolute Gasteiger partial charge is 0.254 e. The van der Waals surface area contributed by atoms with Crippen molar-refractivity contribution in [3.05, 3.63) is 47.7 Å². The fraction of sp³-hybridized carbons (Fsp3) is 0.480. The van der Waals surface area contributed by atoms with Crippen LogP contribution in [0.2, 0.25) is 0 Å². The number of likely N-dealkylation sites (tertiary alicyclic amines) is 1. The van der Waals surface area contributed by atoms with Crippen molar-refractivity contribution in [2.75, 3.05) is 26.3 Å². The van der Waals surface area contributed by atoms with Crippen molar-refractivity contribution in [1.82, 2.24) is 19.7 Å². The number of aryl methyl sites for hydroxylation is 1. The van der Waals surface area contributed by atoms with Gasteiger partial charge in [0.2, 0.25) is 0 Å². The summed E-state index contributed by atoms with van der Waals surface area (Å²) < 4.78 is 13.4. The number of nitrogens with zero attached hydrogens (tertiary/aromatic N) is 4. The molecule has 4 heterocycles. The molecule has 0 radical (unpaired) electrons. The first-order valence-corrected chi connectivity index (χ1v) is 11.5. The van der Waals surface area contributed by atoms with Gasteiger partial charge in [-0.05, 0) is 39.7 Å². The second kappa shape index (κ2) is 8.64. The largest absolute Gasteiger partial charge is 0.350 e. The molecule has 2 aromatic heterocycles. The highest BCUT2D eigenvalue weighted by Gasteiger charge is 2.34. The molecule has 0 saturated carbocycles. The molecule has 5 rings (SSSR count). The van der Waals surface area contributed by atoms with Gasteiger partial charge in [-0.25, -0.2) is 9.67 Å². The van der Waals surface area contributed by atoms with Gasteiger partial charge in [0.05, 0.1) is 36.1 Å². The Bertz CT molecular complexity index is 1120. The molecular formula is C25H30N4O3. The summed E-state index contributed by atoms with van der Waals surface area (Å²) in [5, 5.41) is 5.35. The van der Waals surface area contributed by atoms with E-state index < -0.39 is 0 Å². The molecular weight excluding hydrogens is 404 g/mol. The molecule has 0 aliphatic carbocycles. The van der Waals surface area contributed by atoms with E-state index in [0.29, 0.717) is 25.3 Å². The minimum atomic E-state index is -0.199. The molecule has 0 bridgehead atoms. The summed E-state index contributed by atoms with van der Waals surface area (Å²) in [6, 6.07) is 10.3. The Morgan fingerprint density at radius 3 is 2.62 bits per heavy atom. The Balaban J connectivity index is 1.54. The Morgan fingerprint density at radius 2 is 1.91 bits per heavy atom. The zero-order chi connectivity index (χ0) is 22.2. The zero-order valence-electron chi connectivity index (χ0n) is 19.0. The number of carbonyl (C=O) groups excluding carboxylic acids is 1. The standard InChI is InChI=1S/C25H30N4O3/c1-16(2)29-23-21(14-26-29)20(13-22(27-23)18-8-6-17(3)7-9-18)24(30)28-10-4-5-19(15-28)25-31-11-12-32-25/h6-9,13-14,16,19,25H,4-5,10-12,15H2,1-3H3. The fourth-order valence-electron chi connectivity index (χ4n) is 4.68. The molecule has 168 valence electrons.